The van der Waals surface area contributed by atoms with Gasteiger partial charge in [-0.25, -0.2) is 10.6 Å². The molecule has 0 saturated heterocycles. The van der Waals surface area contributed by atoms with E-state index >= 15 is 0 Å². The van der Waals surface area contributed by atoms with E-state index in [0.29, 0.717) is 0 Å². The number of ether oxygens (including phenoxy) is 1. The van der Waals surface area contributed by atoms with Crippen molar-refractivity contribution in [2.24, 2.45) is 5.84 Å². The normalized spacial score (nSPS) is 9.47. The molecule has 0 spiro atoms. The van der Waals surface area contributed by atoms with Gasteiger partial charge in [-0.05, 0) is 18.2 Å². The molecule has 0 saturated carbocycles. The molecular formula is C9H10N2O4. The SMILES string of the molecule is CC(=O)Oc1cccc(C(=O)ONN)c1. The topological polar surface area (TPSA) is 90.7 Å². The molecule has 0 aromatic heterocycles. The number of hydrazine groups is 1. The van der Waals surface area contributed by atoms with Crippen LogP contribution in [0, 0.1) is 0 Å². The van der Waals surface area contributed by atoms with Gasteiger partial charge in [0, 0.05) is 6.92 Å². The monoisotopic (exact) mass is 210 g/mol. The third-order valence-electron chi connectivity index (χ3n) is 1.48. The molecule has 80 valence electrons. The van der Waals surface area contributed by atoms with Crippen LogP contribution in [0.5, 0.6) is 5.75 Å². The molecule has 15 heavy (non-hydrogen) atoms. The highest BCUT2D eigenvalue weighted by molar-refractivity contribution is 5.89. The fourth-order valence-corrected chi connectivity index (χ4v) is 0.965. The Labute approximate surface area is 85.9 Å². The van der Waals surface area contributed by atoms with Gasteiger partial charge < -0.3 is 9.57 Å². The average molecular weight is 210 g/mol. The molecule has 0 aliphatic rings. The van der Waals surface area contributed by atoms with Gasteiger partial charge >= 0.3 is 11.9 Å². The van der Waals surface area contributed by atoms with Crippen molar-refractivity contribution in [3.63, 3.8) is 0 Å². The summed E-state index contributed by atoms with van der Waals surface area (Å²) in [5.41, 5.74) is 2.00. The first-order chi connectivity index (χ1) is 7.13. The van der Waals surface area contributed by atoms with Gasteiger partial charge in [-0.2, -0.15) is 0 Å². The van der Waals surface area contributed by atoms with E-state index in [1.54, 1.807) is 17.7 Å². The van der Waals surface area contributed by atoms with Gasteiger partial charge in [-0.1, -0.05) is 11.7 Å². The summed E-state index contributed by atoms with van der Waals surface area (Å²) in [5, 5.41) is 0. The average Bonchev–Trinajstić information content (AvgIpc) is 2.17. The molecule has 1 rings (SSSR count). The fraction of sp³-hybridized carbons (Fsp3) is 0.111. The number of hydrogen-bond donors (Lipinski definition) is 2. The molecule has 0 amide bonds. The Hall–Kier alpha value is -1.92. The van der Waals surface area contributed by atoms with Crippen LogP contribution in [0.2, 0.25) is 0 Å². The molecule has 6 nitrogen and oxygen atoms in total. The first kappa shape index (κ1) is 11.2. The maximum Gasteiger partial charge on any atom is 0.358 e. The van der Waals surface area contributed by atoms with E-state index in [9.17, 15) is 9.59 Å². The molecule has 0 radical (unpaired) electrons. The Morgan fingerprint density at radius 3 is 2.73 bits per heavy atom. The number of nitrogens with one attached hydrogen (secondary N) is 1. The van der Waals surface area contributed by atoms with Gasteiger partial charge in [-0.15, -0.1) is 0 Å². The second kappa shape index (κ2) is 5.08. The molecule has 0 unspecified atom stereocenters. The fourth-order valence-electron chi connectivity index (χ4n) is 0.965. The molecule has 1 aromatic rings. The van der Waals surface area contributed by atoms with Crippen molar-refractivity contribution in [3.8, 4) is 5.75 Å². The number of carbonyl (C=O) groups is 2. The van der Waals surface area contributed by atoms with E-state index in [2.05, 4.69) is 4.84 Å². The van der Waals surface area contributed by atoms with Crippen molar-refractivity contribution in [2.75, 3.05) is 0 Å². The van der Waals surface area contributed by atoms with Gasteiger partial charge in [0.25, 0.3) is 0 Å². The van der Waals surface area contributed by atoms with Crippen LogP contribution in [0.15, 0.2) is 24.3 Å². The van der Waals surface area contributed by atoms with E-state index < -0.39 is 11.9 Å². The summed E-state index contributed by atoms with van der Waals surface area (Å²) in [5.74, 6) is 3.96. The number of hydrogen-bond acceptors (Lipinski definition) is 6. The first-order valence-corrected chi connectivity index (χ1v) is 4.08. The minimum Gasteiger partial charge on any atom is -0.427 e. The Balaban J connectivity index is 2.82. The minimum absolute atomic E-state index is 0.228. The van der Waals surface area contributed by atoms with Crippen molar-refractivity contribution in [1.82, 2.24) is 5.59 Å². The number of rotatable bonds is 3. The van der Waals surface area contributed by atoms with E-state index in [1.807, 2.05) is 0 Å². The minimum atomic E-state index is -0.661. The Morgan fingerprint density at radius 1 is 1.40 bits per heavy atom. The van der Waals surface area contributed by atoms with Gasteiger partial charge in [0.15, 0.2) is 0 Å². The summed E-state index contributed by atoms with van der Waals surface area (Å²) >= 11 is 0. The lowest BCUT2D eigenvalue weighted by Gasteiger charge is -2.03. The van der Waals surface area contributed by atoms with Gasteiger partial charge in [0.2, 0.25) is 0 Å². The quantitative estimate of drug-likeness (QED) is 0.319. The highest BCUT2D eigenvalue weighted by Crippen LogP contribution is 2.13. The zero-order chi connectivity index (χ0) is 11.3. The third kappa shape index (κ3) is 3.37. The molecule has 0 fully saturated rings. The summed E-state index contributed by atoms with van der Waals surface area (Å²) in [6.45, 7) is 1.27. The Kier molecular flexibility index (Phi) is 3.78. The van der Waals surface area contributed by atoms with E-state index in [1.165, 1.54) is 19.1 Å². The molecule has 6 heteroatoms. The standard InChI is InChI=1S/C9H10N2O4/c1-6(12)14-8-4-2-3-7(5-8)9(13)15-11-10/h2-5,11H,10H2,1H3. The molecule has 0 aliphatic heterocycles. The Morgan fingerprint density at radius 2 is 2.13 bits per heavy atom. The van der Waals surface area contributed by atoms with Crippen LogP contribution in [-0.2, 0) is 9.63 Å². The van der Waals surface area contributed by atoms with Crippen LogP contribution in [0.4, 0.5) is 0 Å². The maximum absolute atomic E-state index is 11.2. The second-order valence-electron chi connectivity index (χ2n) is 2.63. The van der Waals surface area contributed by atoms with Crippen molar-refractivity contribution >= 4 is 11.9 Å². The van der Waals surface area contributed by atoms with E-state index in [-0.39, 0.29) is 11.3 Å². The Bertz CT molecular complexity index is 378. The number of benzene rings is 1. The zero-order valence-corrected chi connectivity index (χ0v) is 8.02. The van der Waals surface area contributed by atoms with Gasteiger partial charge in [-0.3, -0.25) is 4.79 Å². The maximum atomic E-state index is 11.2. The third-order valence-corrected chi connectivity index (χ3v) is 1.48. The highest BCUT2D eigenvalue weighted by atomic mass is 16.7. The largest absolute Gasteiger partial charge is 0.427 e. The van der Waals surface area contributed by atoms with E-state index in [0.717, 1.165) is 0 Å². The molecule has 0 heterocycles. The molecule has 1 aromatic carbocycles. The lowest BCUT2D eigenvalue weighted by atomic mass is 10.2. The van der Waals surface area contributed by atoms with E-state index in [4.69, 9.17) is 10.6 Å². The summed E-state index contributed by atoms with van der Waals surface area (Å²) in [6.07, 6.45) is 0. The zero-order valence-electron chi connectivity index (χ0n) is 8.02. The van der Waals surface area contributed by atoms with Crippen LogP contribution in [0.1, 0.15) is 17.3 Å². The van der Waals surface area contributed by atoms with Gasteiger partial charge in [0.1, 0.15) is 5.75 Å². The molecule has 0 bridgehead atoms. The number of nitrogens with two attached hydrogens (primary N) is 1. The van der Waals surface area contributed by atoms with Crippen molar-refractivity contribution in [3.05, 3.63) is 29.8 Å². The summed E-state index contributed by atoms with van der Waals surface area (Å²) in [4.78, 5) is 26.2. The lowest BCUT2D eigenvalue weighted by molar-refractivity contribution is -0.131. The smallest absolute Gasteiger partial charge is 0.358 e. The van der Waals surface area contributed by atoms with Crippen LogP contribution in [0.25, 0.3) is 0 Å². The van der Waals surface area contributed by atoms with Crippen LogP contribution < -0.4 is 16.2 Å². The summed E-state index contributed by atoms with van der Waals surface area (Å²) in [7, 11) is 0. The molecule has 0 aliphatic carbocycles. The first-order valence-electron chi connectivity index (χ1n) is 4.08. The van der Waals surface area contributed by atoms with Crippen LogP contribution in [-0.4, -0.2) is 11.9 Å². The molecular weight excluding hydrogens is 200 g/mol. The summed E-state index contributed by atoms with van der Waals surface area (Å²) in [6, 6.07) is 5.99. The van der Waals surface area contributed by atoms with Crippen molar-refractivity contribution < 1.29 is 19.2 Å². The highest BCUT2D eigenvalue weighted by Gasteiger charge is 2.08. The second-order valence-corrected chi connectivity index (χ2v) is 2.63. The number of carbonyl (C=O) groups excluding carboxylic acids is 2. The van der Waals surface area contributed by atoms with Crippen LogP contribution in [0.3, 0.4) is 0 Å². The predicted octanol–water partition coefficient (Wildman–Crippen LogP) is 0.147. The van der Waals surface area contributed by atoms with Crippen LogP contribution >= 0.6 is 0 Å². The lowest BCUT2D eigenvalue weighted by Crippen LogP contribution is -2.26. The van der Waals surface area contributed by atoms with Crippen molar-refractivity contribution in [1.29, 1.82) is 0 Å². The predicted molar refractivity (Wildman–Crippen MR) is 50.5 cm³/mol. The molecule has 3 N–H and O–H groups in total. The molecule has 0 atom stereocenters. The van der Waals surface area contributed by atoms with Gasteiger partial charge in [0.05, 0.1) is 5.56 Å². The van der Waals surface area contributed by atoms with Crippen molar-refractivity contribution in [2.45, 2.75) is 6.92 Å². The summed E-state index contributed by atoms with van der Waals surface area (Å²) < 4.78 is 4.78. The number of esters is 1.